The van der Waals surface area contributed by atoms with Crippen molar-refractivity contribution in [1.29, 1.82) is 0 Å². The summed E-state index contributed by atoms with van der Waals surface area (Å²) >= 11 is 0. The number of carbonyl (C=O) groups is 2. The molecule has 0 spiro atoms. The molecule has 0 saturated heterocycles. The van der Waals surface area contributed by atoms with E-state index in [1.54, 1.807) is 18.5 Å². The molecule has 0 radical (unpaired) electrons. The summed E-state index contributed by atoms with van der Waals surface area (Å²) in [5, 5.41) is 17.0. The van der Waals surface area contributed by atoms with Gasteiger partial charge >= 0.3 is 0 Å². The van der Waals surface area contributed by atoms with Gasteiger partial charge in [-0.05, 0) is 53.5 Å². The zero-order chi connectivity index (χ0) is 28.5. The first-order valence-electron chi connectivity index (χ1n) is 14.8. The summed E-state index contributed by atoms with van der Waals surface area (Å²) < 4.78 is 12.7. The second kappa shape index (κ2) is 14.7. The minimum Gasteiger partial charge on any atom is -0.390 e. The second-order valence-corrected chi connectivity index (χ2v) is 12.9. The molecule has 2 aliphatic rings. The summed E-state index contributed by atoms with van der Waals surface area (Å²) in [5.41, 5.74) is 2.55. The van der Waals surface area contributed by atoms with Crippen LogP contribution in [0.25, 0.3) is 6.08 Å². The Morgan fingerprint density at radius 1 is 1.12 bits per heavy atom. The largest absolute Gasteiger partial charge is 0.390 e. The lowest BCUT2D eigenvalue weighted by Crippen LogP contribution is -2.45. The Balaban J connectivity index is 1.48. The number of amides is 2. The number of aromatic nitrogens is 1. The van der Waals surface area contributed by atoms with Crippen LogP contribution in [-0.2, 0) is 20.6 Å². The molecule has 7 nitrogen and oxygen atoms in total. The summed E-state index contributed by atoms with van der Waals surface area (Å²) in [7, 11) is -1.22. The van der Waals surface area contributed by atoms with Gasteiger partial charge in [-0.3, -0.25) is 14.6 Å². The van der Waals surface area contributed by atoms with Gasteiger partial charge in [-0.15, -0.1) is 0 Å². The summed E-state index contributed by atoms with van der Waals surface area (Å²) in [6, 6.07) is 10.8. The van der Waals surface area contributed by atoms with Gasteiger partial charge in [-0.25, -0.2) is 0 Å². The number of hydrogen-bond acceptors (Lipinski definition) is 5. The molecule has 1 heterocycles. The molecule has 1 unspecified atom stereocenters. The van der Waals surface area contributed by atoms with Gasteiger partial charge in [-0.1, -0.05) is 76.3 Å². The number of aliphatic hydroxyl groups excluding tert-OH is 1. The molecule has 1 aromatic heterocycles. The van der Waals surface area contributed by atoms with Gasteiger partial charge in [0.1, 0.15) is 0 Å². The highest BCUT2D eigenvalue weighted by Gasteiger charge is 2.36. The fourth-order valence-corrected chi connectivity index (χ4v) is 7.15. The number of nitrogens with zero attached hydrogens (tertiary/aromatic N) is 1. The van der Waals surface area contributed by atoms with Crippen LogP contribution in [0.15, 0.2) is 54.9 Å². The number of nitrogens with one attached hydrogen (secondary N) is 2. The van der Waals surface area contributed by atoms with Crippen LogP contribution in [0.4, 0.5) is 0 Å². The van der Waals surface area contributed by atoms with Gasteiger partial charge in [0, 0.05) is 42.5 Å². The van der Waals surface area contributed by atoms with Gasteiger partial charge in [0.25, 0.3) is 0 Å². The number of carbonyl (C=O) groups excluding carboxylic acids is 2. The Morgan fingerprint density at radius 2 is 1.90 bits per heavy atom. The topological polar surface area (TPSA) is 108 Å². The zero-order valence-electron chi connectivity index (χ0n) is 23.7. The number of pyridine rings is 1. The highest BCUT2D eigenvalue weighted by Crippen LogP contribution is 2.35. The smallest absolute Gasteiger partial charge is 0.244 e. The fraction of sp³-hybridized carbons (Fsp3) is 0.531. The van der Waals surface area contributed by atoms with Gasteiger partial charge in [0.15, 0.2) is 0 Å². The van der Waals surface area contributed by atoms with E-state index in [-0.39, 0.29) is 35.4 Å². The molecule has 0 aliphatic heterocycles. The minimum atomic E-state index is -1.22. The van der Waals surface area contributed by atoms with Crippen molar-refractivity contribution >= 4 is 26.4 Å². The van der Waals surface area contributed by atoms with E-state index in [0.717, 1.165) is 36.0 Å². The maximum atomic E-state index is 13.6. The fourth-order valence-electron chi connectivity index (χ4n) is 6.30. The van der Waals surface area contributed by atoms with Gasteiger partial charge in [-0.2, -0.15) is 0 Å². The quantitative estimate of drug-likeness (QED) is 0.245. The highest BCUT2D eigenvalue weighted by atomic mass is 31.1. The summed E-state index contributed by atoms with van der Waals surface area (Å²) in [6.07, 6.45) is 13.5. The Labute approximate surface area is 239 Å². The van der Waals surface area contributed by atoms with E-state index >= 15 is 0 Å². The standard InChI is InChI=1S/C32H44N3O4P/c1-21(2)26(32(38)35-31-25-13-7-6-12-24(25)18-28(31)36)19-29(40-39)27(17-22-9-4-3-5-10-22)34-30(37)15-14-23-11-8-16-33-20-23/h6-8,11-16,20-22,26-29,31,36H,3-5,9-10,17-19,40H2,1-2H3,(H,34,37)(H,35,38)/t26-,27-,28+,29-,31-/m0/s1. The summed E-state index contributed by atoms with van der Waals surface area (Å²) in [4.78, 5) is 30.7. The van der Waals surface area contributed by atoms with Crippen molar-refractivity contribution in [2.24, 2.45) is 17.8 Å². The van der Waals surface area contributed by atoms with E-state index in [0.29, 0.717) is 18.8 Å². The molecule has 8 heteroatoms. The Morgan fingerprint density at radius 3 is 2.60 bits per heavy atom. The molecule has 3 N–H and O–H groups in total. The Kier molecular flexibility index (Phi) is 11.1. The molecule has 2 aliphatic carbocycles. The van der Waals surface area contributed by atoms with Gasteiger partial charge < -0.3 is 20.3 Å². The number of hydrogen-bond donors (Lipinski definition) is 3. The first kappa shape index (κ1) is 30.2. The number of aliphatic hydroxyl groups is 1. The van der Waals surface area contributed by atoms with Crippen LogP contribution >= 0.6 is 8.46 Å². The van der Waals surface area contributed by atoms with E-state index in [1.165, 1.54) is 25.3 Å². The van der Waals surface area contributed by atoms with Crippen LogP contribution in [0.1, 0.15) is 81.5 Å². The predicted octanol–water partition coefficient (Wildman–Crippen LogP) is 5.11. The van der Waals surface area contributed by atoms with Crippen LogP contribution in [0.2, 0.25) is 0 Å². The predicted molar refractivity (Wildman–Crippen MR) is 161 cm³/mol. The molecule has 216 valence electrons. The van der Waals surface area contributed by atoms with Crippen LogP contribution in [-0.4, -0.2) is 39.7 Å². The number of fused-ring (bicyclic) bond motifs is 1. The SMILES string of the molecule is CC(C)[C@H](C[C@H]([PH2]=O)[C@H](CC1CCCCC1)NC(=O)C=Cc1cccnc1)C(=O)N[C@H]1c2ccccc2C[C@H]1O. The first-order valence-corrected chi connectivity index (χ1v) is 15.9. The normalized spacial score (nSPS) is 21.9. The molecule has 1 aromatic carbocycles. The maximum absolute atomic E-state index is 13.6. The Hall–Kier alpha value is -2.76. The van der Waals surface area contributed by atoms with Crippen molar-refractivity contribution in [1.82, 2.24) is 15.6 Å². The third-order valence-corrected chi connectivity index (χ3v) is 9.70. The second-order valence-electron chi connectivity index (χ2n) is 11.8. The molecule has 1 fully saturated rings. The van der Waals surface area contributed by atoms with Crippen LogP contribution in [0, 0.1) is 17.8 Å². The van der Waals surface area contributed by atoms with Crippen molar-refractivity contribution in [3.8, 4) is 0 Å². The van der Waals surface area contributed by atoms with Crippen LogP contribution in [0.3, 0.4) is 0 Å². The molecule has 0 bridgehead atoms. The van der Waals surface area contributed by atoms with Gasteiger partial charge in [0.2, 0.25) is 11.8 Å². The third kappa shape index (κ3) is 8.14. The van der Waals surface area contributed by atoms with Crippen molar-refractivity contribution in [2.45, 2.75) is 89.1 Å². The van der Waals surface area contributed by atoms with Crippen molar-refractivity contribution in [3.05, 3.63) is 71.6 Å². The third-order valence-electron chi connectivity index (χ3n) is 8.61. The van der Waals surface area contributed by atoms with E-state index in [4.69, 9.17) is 0 Å². The molecule has 6 atom stereocenters. The lowest BCUT2D eigenvalue weighted by Gasteiger charge is -2.33. The molecule has 2 aromatic rings. The van der Waals surface area contributed by atoms with E-state index in [1.807, 2.05) is 50.2 Å². The average molecular weight is 566 g/mol. The first-order chi connectivity index (χ1) is 19.4. The molecular weight excluding hydrogens is 521 g/mol. The zero-order valence-corrected chi connectivity index (χ0v) is 24.8. The maximum Gasteiger partial charge on any atom is 0.244 e. The molecule has 40 heavy (non-hydrogen) atoms. The highest BCUT2D eigenvalue weighted by molar-refractivity contribution is 7.24. The van der Waals surface area contributed by atoms with E-state index in [9.17, 15) is 19.3 Å². The lowest BCUT2D eigenvalue weighted by atomic mass is 9.82. The number of benzene rings is 1. The van der Waals surface area contributed by atoms with Gasteiger partial charge in [0.05, 0.1) is 20.6 Å². The molecule has 1 saturated carbocycles. The van der Waals surface area contributed by atoms with Crippen molar-refractivity contribution in [3.63, 3.8) is 0 Å². The Bertz CT molecular complexity index is 1170. The van der Waals surface area contributed by atoms with Crippen LogP contribution in [0.5, 0.6) is 0 Å². The molecule has 2 amide bonds. The number of rotatable bonds is 12. The lowest BCUT2D eigenvalue weighted by molar-refractivity contribution is -0.128. The van der Waals surface area contributed by atoms with E-state index < -0.39 is 20.6 Å². The van der Waals surface area contributed by atoms with Crippen LogP contribution < -0.4 is 10.6 Å². The average Bonchev–Trinajstić information content (AvgIpc) is 3.27. The molecule has 4 rings (SSSR count). The monoisotopic (exact) mass is 565 g/mol. The van der Waals surface area contributed by atoms with E-state index in [2.05, 4.69) is 15.6 Å². The summed E-state index contributed by atoms with van der Waals surface area (Å²) in [5.74, 6) is -0.250. The summed E-state index contributed by atoms with van der Waals surface area (Å²) in [6.45, 7) is 4.01. The van der Waals surface area contributed by atoms with Crippen molar-refractivity contribution < 1.29 is 19.3 Å². The molecular formula is C32H44N3O4P. The minimum absolute atomic E-state index is 0.0127. The van der Waals surface area contributed by atoms with Crippen molar-refractivity contribution in [2.75, 3.05) is 0 Å².